The molecule has 0 aromatic heterocycles. The zero-order chi connectivity index (χ0) is 19.9. The van der Waals surface area contributed by atoms with Crippen molar-refractivity contribution in [2.75, 3.05) is 50.0 Å². The van der Waals surface area contributed by atoms with Crippen LogP contribution in [0.2, 0.25) is 0 Å². The molecule has 2 atom stereocenters. The highest BCUT2D eigenvalue weighted by atomic mass is 35.5. The number of amides is 2. The van der Waals surface area contributed by atoms with Crippen LogP contribution >= 0.6 is 24.8 Å². The van der Waals surface area contributed by atoms with Gasteiger partial charge in [-0.25, -0.2) is 4.39 Å². The van der Waals surface area contributed by atoms with Crippen LogP contribution in [0.3, 0.4) is 0 Å². The lowest BCUT2D eigenvalue weighted by Crippen LogP contribution is -2.38. The van der Waals surface area contributed by atoms with Crippen molar-refractivity contribution >= 4 is 48.0 Å². The van der Waals surface area contributed by atoms with Gasteiger partial charge < -0.3 is 25.8 Å². The van der Waals surface area contributed by atoms with Gasteiger partial charge >= 0.3 is 0 Å². The molecule has 2 fully saturated rings. The zero-order valence-electron chi connectivity index (χ0n) is 16.6. The molecular formula is C19H29Cl2FN4O4. The van der Waals surface area contributed by atoms with Crippen molar-refractivity contribution in [3.63, 3.8) is 0 Å². The number of ether oxygens (including phenoxy) is 2. The Kier molecular flexibility index (Phi) is 11.5. The first-order valence-electron chi connectivity index (χ1n) is 9.61. The molecule has 2 heterocycles. The van der Waals surface area contributed by atoms with Crippen molar-refractivity contribution in [2.45, 2.75) is 31.5 Å². The number of rotatable bonds is 7. The van der Waals surface area contributed by atoms with E-state index in [1.807, 2.05) is 0 Å². The standard InChI is InChI=1S/C19H27FN4O4.2ClH/c20-15-3-1-13(22-19(26)17-4-2-14(12-21)28-17)11-16(15)23-18(25)5-6-24-7-9-27-10-8-24;;/h1,3,11,14,17H,2,4-10,12,21H2,(H,22,26)(H,23,25);2*1H/t14-,17+;;/m1../s1. The summed E-state index contributed by atoms with van der Waals surface area (Å²) in [5, 5.41) is 5.29. The fourth-order valence-electron chi connectivity index (χ4n) is 3.29. The number of halogens is 3. The van der Waals surface area contributed by atoms with E-state index in [0.29, 0.717) is 38.4 Å². The number of anilines is 2. The van der Waals surface area contributed by atoms with Crippen molar-refractivity contribution in [3.8, 4) is 0 Å². The Morgan fingerprint density at radius 2 is 1.90 bits per heavy atom. The lowest BCUT2D eigenvalue weighted by molar-refractivity contribution is -0.126. The van der Waals surface area contributed by atoms with Gasteiger partial charge in [-0.15, -0.1) is 24.8 Å². The Morgan fingerprint density at radius 3 is 2.57 bits per heavy atom. The van der Waals surface area contributed by atoms with Gasteiger partial charge in [0.15, 0.2) is 0 Å². The monoisotopic (exact) mass is 466 g/mol. The maximum atomic E-state index is 14.1. The van der Waals surface area contributed by atoms with Gasteiger partial charge in [-0.1, -0.05) is 0 Å². The summed E-state index contributed by atoms with van der Waals surface area (Å²) < 4.78 is 24.9. The van der Waals surface area contributed by atoms with E-state index in [-0.39, 0.29) is 54.8 Å². The molecule has 2 aliphatic rings. The largest absolute Gasteiger partial charge is 0.379 e. The fourth-order valence-corrected chi connectivity index (χ4v) is 3.29. The molecule has 170 valence electrons. The highest BCUT2D eigenvalue weighted by molar-refractivity contribution is 5.96. The highest BCUT2D eigenvalue weighted by Gasteiger charge is 2.30. The Hall–Kier alpha value is -1.49. The van der Waals surface area contributed by atoms with E-state index >= 15 is 0 Å². The summed E-state index contributed by atoms with van der Waals surface area (Å²) in [7, 11) is 0. The lowest BCUT2D eigenvalue weighted by atomic mass is 10.2. The van der Waals surface area contributed by atoms with Crippen molar-refractivity contribution in [3.05, 3.63) is 24.0 Å². The first-order valence-corrected chi connectivity index (χ1v) is 9.61. The first-order chi connectivity index (χ1) is 13.5. The summed E-state index contributed by atoms with van der Waals surface area (Å²) >= 11 is 0. The number of hydrogen-bond donors (Lipinski definition) is 3. The number of carbonyl (C=O) groups excluding carboxylic acids is 2. The van der Waals surface area contributed by atoms with E-state index in [4.69, 9.17) is 15.2 Å². The van der Waals surface area contributed by atoms with Gasteiger partial charge in [-0.2, -0.15) is 0 Å². The minimum atomic E-state index is -0.565. The van der Waals surface area contributed by atoms with Crippen LogP contribution in [-0.2, 0) is 19.1 Å². The first kappa shape index (κ1) is 26.5. The van der Waals surface area contributed by atoms with Gasteiger partial charge in [0.1, 0.15) is 11.9 Å². The van der Waals surface area contributed by atoms with Gasteiger partial charge in [0.2, 0.25) is 5.91 Å². The maximum absolute atomic E-state index is 14.1. The third kappa shape index (κ3) is 7.64. The molecule has 0 aliphatic carbocycles. The van der Waals surface area contributed by atoms with Crippen LogP contribution in [0.15, 0.2) is 18.2 Å². The second-order valence-electron chi connectivity index (χ2n) is 7.00. The minimum absolute atomic E-state index is 0. The van der Waals surface area contributed by atoms with E-state index in [0.717, 1.165) is 19.5 Å². The van der Waals surface area contributed by atoms with E-state index in [1.165, 1.54) is 18.2 Å². The van der Waals surface area contributed by atoms with Crippen LogP contribution in [-0.4, -0.2) is 68.3 Å². The number of carbonyl (C=O) groups is 2. The summed E-state index contributed by atoms with van der Waals surface area (Å²) in [6.07, 6.45) is 0.921. The SMILES string of the molecule is Cl.Cl.NC[C@H]1CC[C@@H](C(=O)Nc2ccc(F)c(NC(=O)CCN3CCOCC3)c2)O1. The van der Waals surface area contributed by atoms with Gasteiger partial charge in [0.05, 0.1) is 25.0 Å². The minimum Gasteiger partial charge on any atom is -0.379 e. The molecular weight excluding hydrogens is 438 g/mol. The maximum Gasteiger partial charge on any atom is 0.253 e. The Morgan fingerprint density at radius 1 is 1.17 bits per heavy atom. The number of nitrogens with one attached hydrogen (secondary N) is 2. The lowest BCUT2D eigenvalue weighted by Gasteiger charge is -2.26. The average Bonchev–Trinajstić information content (AvgIpc) is 3.19. The zero-order valence-corrected chi connectivity index (χ0v) is 18.2. The second-order valence-corrected chi connectivity index (χ2v) is 7.00. The summed E-state index contributed by atoms with van der Waals surface area (Å²) in [5.74, 6) is -1.14. The molecule has 2 amide bonds. The number of hydrogen-bond acceptors (Lipinski definition) is 6. The average molecular weight is 467 g/mol. The van der Waals surface area contributed by atoms with Crippen LogP contribution in [0.1, 0.15) is 19.3 Å². The summed E-state index contributed by atoms with van der Waals surface area (Å²) in [4.78, 5) is 26.6. The van der Waals surface area contributed by atoms with E-state index in [9.17, 15) is 14.0 Å². The fraction of sp³-hybridized carbons (Fsp3) is 0.579. The van der Waals surface area contributed by atoms with E-state index in [1.54, 1.807) is 0 Å². The predicted octanol–water partition coefficient (Wildman–Crippen LogP) is 1.77. The van der Waals surface area contributed by atoms with E-state index < -0.39 is 11.9 Å². The predicted molar refractivity (Wildman–Crippen MR) is 117 cm³/mol. The second kappa shape index (κ2) is 13.0. The van der Waals surface area contributed by atoms with Crippen molar-refractivity contribution < 1.29 is 23.5 Å². The quantitative estimate of drug-likeness (QED) is 0.565. The Labute approximate surface area is 187 Å². The third-order valence-electron chi connectivity index (χ3n) is 4.93. The van der Waals surface area contributed by atoms with Gasteiger partial charge in [-0.05, 0) is 31.0 Å². The molecule has 3 rings (SSSR count). The number of benzene rings is 1. The van der Waals surface area contributed by atoms with Crippen LogP contribution in [0, 0.1) is 5.82 Å². The topological polar surface area (TPSA) is 106 Å². The number of nitrogens with zero attached hydrogens (tertiary/aromatic N) is 1. The molecule has 0 saturated carbocycles. The van der Waals surface area contributed by atoms with Gasteiger partial charge in [0.25, 0.3) is 5.91 Å². The summed E-state index contributed by atoms with van der Waals surface area (Å²) in [6, 6.07) is 4.08. The highest BCUT2D eigenvalue weighted by Crippen LogP contribution is 2.23. The third-order valence-corrected chi connectivity index (χ3v) is 4.93. The molecule has 0 bridgehead atoms. The van der Waals surface area contributed by atoms with Crippen LogP contribution in [0.5, 0.6) is 0 Å². The number of nitrogens with two attached hydrogens (primary N) is 1. The Bertz CT molecular complexity index is 707. The molecule has 2 saturated heterocycles. The molecule has 4 N–H and O–H groups in total. The van der Waals surface area contributed by atoms with Crippen LogP contribution in [0.4, 0.5) is 15.8 Å². The normalized spacial score (nSPS) is 21.3. The summed E-state index contributed by atoms with van der Waals surface area (Å²) in [5.41, 5.74) is 5.99. The van der Waals surface area contributed by atoms with Crippen LogP contribution < -0.4 is 16.4 Å². The van der Waals surface area contributed by atoms with Gasteiger partial charge in [0, 0.05) is 38.3 Å². The molecule has 30 heavy (non-hydrogen) atoms. The molecule has 1 aromatic rings. The van der Waals surface area contributed by atoms with Gasteiger partial charge in [-0.3, -0.25) is 14.5 Å². The molecule has 11 heteroatoms. The van der Waals surface area contributed by atoms with Crippen molar-refractivity contribution in [2.24, 2.45) is 5.73 Å². The molecule has 0 spiro atoms. The smallest absolute Gasteiger partial charge is 0.253 e. The van der Waals surface area contributed by atoms with Crippen LogP contribution in [0.25, 0.3) is 0 Å². The molecule has 1 aromatic carbocycles. The number of morpholine rings is 1. The van der Waals surface area contributed by atoms with Crippen molar-refractivity contribution in [1.82, 2.24) is 4.90 Å². The molecule has 0 radical (unpaired) electrons. The summed E-state index contributed by atoms with van der Waals surface area (Å²) in [6.45, 7) is 3.87. The molecule has 2 aliphatic heterocycles. The Balaban J connectivity index is 0.00000225. The van der Waals surface area contributed by atoms with E-state index in [2.05, 4.69) is 15.5 Å². The van der Waals surface area contributed by atoms with Crippen molar-refractivity contribution in [1.29, 1.82) is 0 Å². The molecule has 0 unspecified atom stereocenters. The molecule has 8 nitrogen and oxygen atoms in total.